The topological polar surface area (TPSA) is 119 Å². The van der Waals surface area contributed by atoms with E-state index in [1.54, 1.807) is 24.5 Å². The van der Waals surface area contributed by atoms with Gasteiger partial charge in [-0.1, -0.05) is 0 Å². The van der Waals surface area contributed by atoms with Crippen molar-refractivity contribution >= 4 is 15.9 Å². The average Bonchev–Trinajstić information content (AvgIpc) is 3.50. The fraction of sp³-hybridized carbons (Fsp3) is 0.300. The summed E-state index contributed by atoms with van der Waals surface area (Å²) in [6.45, 7) is 1.42. The fourth-order valence-corrected chi connectivity index (χ4v) is 4.88. The van der Waals surface area contributed by atoms with Crippen LogP contribution in [-0.2, 0) is 16.6 Å². The Labute approximate surface area is 179 Å². The smallest absolute Gasteiger partial charge is 0.266 e. The van der Waals surface area contributed by atoms with Gasteiger partial charge in [0.15, 0.2) is 5.82 Å². The summed E-state index contributed by atoms with van der Waals surface area (Å²) < 4.78 is 29.4. The van der Waals surface area contributed by atoms with Crippen molar-refractivity contribution in [1.82, 2.24) is 29.2 Å². The van der Waals surface area contributed by atoms with Gasteiger partial charge >= 0.3 is 0 Å². The van der Waals surface area contributed by atoms with E-state index in [1.165, 1.54) is 44.0 Å². The number of carbonyl (C=O) groups excluding carboxylic acids is 1. The standard InChI is InChI=1S/C20H22N6O4S/c27-19-9-8-18(25-14-3-10-22-25)23-26(19)15-11-21-20(28)16-4-6-17(7-5-16)31(29,30)24-12-1-2-13-24/h3-10,14H,1-2,11-13,15H2,(H,21,28). The zero-order valence-corrected chi connectivity index (χ0v) is 17.5. The lowest BCUT2D eigenvalue weighted by atomic mass is 10.2. The third-order valence-electron chi connectivity index (χ3n) is 5.02. The SMILES string of the molecule is O=C(NCCn1nc(-n2cccn2)ccc1=O)c1ccc(S(=O)(=O)N2CCCC2)cc1. The number of amides is 1. The predicted molar refractivity (Wildman–Crippen MR) is 112 cm³/mol. The molecule has 1 aliphatic heterocycles. The van der Waals surface area contributed by atoms with E-state index in [0.29, 0.717) is 24.5 Å². The van der Waals surface area contributed by atoms with Gasteiger partial charge in [0.25, 0.3) is 11.5 Å². The van der Waals surface area contributed by atoms with Crippen LogP contribution in [0.2, 0.25) is 0 Å². The van der Waals surface area contributed by atoms with Gasteiger partial charge in [0.1, 0.15) is 0 Å². The van der Waals surface area contributed by atoms with E-state index < -0.39 is 10.0 Å². The molecule has 0 saturated carbocycles. The van der Waals surface area contributed by atoms with Crippen LogP contribution < -0.4 is 10.9 Å². The third kappa shape index (κ3) is 4.57. The van der Waals surface area contributed by atoms with Crippen molar-refractivity contribution in [3.05, 3.63) is 70.8 Å². The number of sulfonamides is 1. The van der Waals surface area contributed by atoms with Crippen molar-refractivity contribution in [2.75, 3.05) is 19.6 Å². The molecule has 0 bridgehead atoms. The highest BCUT2D eigenvalue weighted by molar-refractivity contribution is 7.89. The second-order valence-electron chi connectivity index (χ2n) is 7.10. The average molecular weight is 443 g/mol. The number of nitrogens with one attached hydrogen (secondary N) is 1. The van der Waals surface area contributed by atoms with Crippen molar-refractivity contribution in [3.63, 3.8) is 0 Å². The van der Waals surface area contributed by atoms with E-state index in [1.807, 2.05) is 0 Å². The van der Waals surface area contributed by atoms with Crippen molar-refractivity contribution in [2.24, 2.45) is 0 Å². The molecule has 3 aromatic rings. The molecule has 1 fully saturated rings. The first-order chi connectivity index (χ1) is 14.9. The van der Waals surface area contributed by atoms with Crippen molar-refractivity contribution in [1.29, 1.82) is 0 Å². The van der Waals surface area contributed by atoms with Crippen LogP contribution in [0.15, 0.2) is 64.5 Å². The number of rotatable bonds is 7. The minimum Gasteiger partial charge on any atom is -0.350 e. The Kier molecular flexibility index (Phi) is 5.96. The second kappa shape index (κ2) is 8.82. The van der Waals surface area contributed by atoms with Crippen LogP contribution in [0.4, 0.5) is 0 Å². The number of carbonyl (C=O) groups is 1. The lowest BCUT2D eigenvalue weighted by molar-refractivity contribution is 0.0951. The molecule has 3 heterocycles. The maximum absolute atomic E-state index is 12.6. The van der Waals surface area contributed by atoms with E-state index >= 15 is 0 Å². The first-order valence-corrected chi connectivity index (χ1v) is 11.4. The Morgan fingerprint density at radius 3 is 2.48 bits per heavy atom. The molecule has 162 valence electrons. The molecule has 4 rings (SSSR count). The summed E-state index contributed by atoms with van der Waals surface area (Å²) >= 11 is 0. The first kappa shape index (κ1) is 20.9. The highest BCUT2D eigenvalue weighted by atomic mass is 32.2. The molecule has 31 heavy (non-hydrogen) atoms. The Hall–Kier alpha value is -3.31. The number of benzene rings is 1. The molecule has 0 spiro atoms. The van der Waals surface area contributed by atoms with Gasteiger partial charge in [0.05, 0.1) is 11.4 Å². The molecule has 11 heteroatoms. The van der Waals surface area contributed by atoms with Crippen molar-refractivity contribution < 1.29 is 13.2 Å². The van der Waals surface area contributed by atoms with Crippen molar-refractivity contribution in [2.45, 2.75) is 24.3 Å². The van der Waals surface area contributed by atoms with Crippen LogP contribution in [0.3, 0.4) is 0 Å². The molecule has 10 nitrogen and oxygen atoms in total. The first-order valence-electron chi connectivity index (χ1n) is 9.92. The molecule has 1 N–H and O–H groups in total. The van der Waals surface area contributed by atoms with Crippen LogP contribution in [-0.4, -0.2) is 57.8 Å². The highest BCUT2D eigenvalue weighted by Crippen LogP contribution is 2.21. The second-order valence-corrected chi connectivity index (χ2v) is 9.03. The van der Waals surface area contributed by atoms with E-state index in [4.69, 9.17) is 0 Å². The lowest BCUT2D eigenvalue weighted by Crippen LogP contribution is -2.32. The number of aromatic nitrogens is 4. The minimum absolute atomic E-state index is 0.178. The van der Waals surface area contributed by atoms with E-state index in [9.17, 15) is 18.0 Å². The zero-order chi connectivity index (χ0) is 21.8. The maximum Gasteiger partial charge on any atom is 0.266 e. The number of hydrogen-bond acceptors (Lipinski definition) is 6. The van der Waals surface area contributed by atoms with Gasteiger partial charge in [-0.15, -0.1) is 5.10 Å². The third-order valence-corrected chi connectivity index (χ3v) is 6.93. The summed E-state index contributed by atoms with van der Waals surface area (Å²) in [4.78, 5) is 24.6. The van der Waals surface area contributed by atoms with E-state index in [0.717, 1.165) is 12.8 Å². The molecule has 1 aliphatic rings. The van der Waals surface area contributed by atoms with Crippen LogP contribution in [0.5, 0.6) is 0 Å². The van der Waals surface area contributed by atoms with Gasteiger partial charge in [0.2, 0.25) is 10.0 Å². The number of hydrogen-bond donors (Lipinski definition) is 1. The summed E-state index contributed by atoms with van der Waals surface area (Å²) in [7, 11) is -3.51. The normalized spacial score (nSPS) is 14.6. The molecule has 0 unspecified atom stereocenters. The highest BCUT2D eigenvalue weighted by Gasteiger charge is 2.27. The van der Waals surface area contributed by atoms with Crippen LogP contribution >= 0.6 is 0 Å². The predicted octanol–water partition coefficient (Wildman–Crippen LogP) is 0.643. The zero-order valence-electron chi connectivity index (χ0n) is 16.7. The van der Waals surface area contributed by atoms with Gasteiger partial charge in [0, 0.05) is 43.7 Å². The molecule has 1 amide bonds. The van der Waals surface area contributed by atoms with Gasteiger partial charge in [-0.3, -0.25) is 9.59 Å². The van der Waals surface area contributed by atoms with Crippen LogP contribution in [0.1, 0.15) is 23.2 Å². The van der Waals surface area contributed by atoms with Gasteiger partial charge in [-0.2, -0.15) is 9.40 Å². The lowest BCUT2D eigenvalue weighted by Gasteiger charge is -2.15. The monoisotopic (exact) mass is 442 g/mol. The largest absolute Gasteiger partial charge is 0.350 e. The molecule has 1 saturated heterocycles. The Morgan fingerprint density at radius 2 is 1.81 bits per heavy atom. The summed E-state index contributed by atoms with van der Waals surface area (Å²) in [5.74, 6) is 0.132. The van der Waals surface area contributed by atoms with E-state index in [2.05, 4.69) is 15.5 Å². The molecule has 0 atom stereocenters. The quantitative estimate of drug-likeness (QED) is 0.574. The van der Waals surface area contributed by atoms with Crippen molar-refractivity contribution in [3.8, 4) is 5.82 Å². The number of nitrogens with zero attached hydrogens (tertiary/aromatic N) is 5. The molecular weight excluding hydrogens is 420 g/mol. The van der Waals surface area contributed by atoms with E-state index in [-0.39, 0.29) is 29.5 Å². The van der Waals surface area contributed by atoms with Gasteiger partial charge in [-0.05, 0) is 49.2 Å². The Balaban J connectivity index is 1.37. The molecule has 2 aromatic heterocycles. The summed E-state index contributed by atoms with van der Waals surface area (Å²) in [5, 5.41) is 11.0. The molecule has 1 aromatic carbocycles. The van der Waals surface area contributed by atoms with Crippen LogP contribution in [0, 0.1) is 0 Å². The summed E-state index contributed by atoms with van der Waals surface area (Å²) in [6, 6.07) is 10.6. The fourth-order valence-electron chi connectivity index (χ4n) is 3.36. The molecule has 0 aliphatic carbocycles. The summed E-state index contributed by atoms with van der Waals surface area (Å²) in [5.41, 5.74) is 0.0487. The summed E-state index contributed by atoms with van der Waals surface area (Å²) in [6.07, 6.45) is 5.05. The molecular formula is C20H22N6O4S. The van der Waals surface area contributed by atoms with Crippen LogP contribution in [0.25, 0.3) is 5.82 Å². The Morgan fingerprint density at radius 1 is 1.06 bits per heavy atom. The van der Waals surface area contributed by atoms with Gasteiger partial charge in [-0.25, -0.2) is 17.8 Å². The Bertz CT molecular complexity index is 1210. The maximum atomic E-state index is 12.6. The minimum atomic E-state index is -3.51. The van der Waals surface area contributed by atoms with Gasteiger partial charge < -0.3 is 5.32 Å². The molecule has 0 radical (unpaired) electrons.